The molecule has 2 aliphatic heterocycles. The first-order valence-corrected chi connectivity index (χ1v) is 11.9. The molecule has 2 aromatic heterocycles. The zero-order valence-electron chi connectivity index (χ0n) is 19.1. The number of methoxy groups -OCH3 is 1. The van der Waals surface area contributed by atoms with Crippen LogP contribution < -0.4 is 10.1 Å². The van der Waals surface area contributed by atoms with E-state index >= 15 is 0 Å². The van der Waals surface area contributed by atoms with Crippen LogP contribution in [-0.2, 0) is 17.9 Å². The lowest BCUT2D eigenvalue weighted by atomic mass is 9.88. The van der Waals surface area contributed by atoms with Crippen LogP contribution in [0.1, 0.15) is 43.4 Å². The zero-order valence-corrected chi connectivity index (χ0v) is 19.1. The third-order valence-corrected chi connectivity index (χ3v) is 6.65. The van der Waals surface area contributed by atoms with Crippen molar-refractivity contribution in [3.63, 3.8) is 0 Å². The first-order valence-electron chi connectivity index (χ1n) is 11.9. The fourth-order valence-corrected chi connectivity index (χ4v) is 4.93. The molecule has 32 heavy (non-hydrogen) atoms. The number of hydrogen-bond donors (Lipinski definition) is 1. The second-order valence-electron chi connectivity index (χ2n) is 8.90. The summed E-state index contributed by atoms with van der Waals surface area (Å²) in [5, 5.41) is 3.22. The maximum absolute atomic E-state index is 13.1. The Hall–Kier alpha value is -2.51. The van der Waals surface area contributed by atoms with Crippen molar-refractivity contribution in [2.45, 2.75) is 51.2 Å². The minimum Gasteiger partial charge on any atom is -0.481 e. The van der Waals surface area contributed by atoms with Gasteiger partial charge in [-0.1, -0.05) is 18.9 Å². The number of carbonyl (C=O) groups excluding carboxylic acids is 1. The van der Waals surface area contributed by atoms with Crippen LogP contribution in [0.15, 0.2) is 42.7 Å². The molecule has 1 N–H and O–H groups in total. The second kappa shape index (κ2) is 11.4. The summed E-state index contributed by atoms with van der Waals surface area (Å²) in [4.78, 5) is 26.9. The molecule has 0 saturated carbocycles. The van der Waals surface area contributed by atoms with Crippen LogP contribution in [0.4, 0.5) is 0 Å². The Labute approximate surface area is 191 Å². The molecule has 0 spiro atoms. The second-order valence-corrected chi connectivity index (χ2v) is 8.90. The number of piperidine rings is 1. The maximum Gasteiger partial charge on any atom is 0.224 e. The molecule has 4 heterocycles. The number of rotatable bonds is 5. The van der Waals surface area contributed by atoms with Crippen molar-refractivity contribution in [2.75, 3.05) is 33.3 Å². The standard InChI is InChI=1S/C25H35N5O2/c1-32-24-8-6-7-21(28-24)18-29-16-11-22-23(19-29)30(17-20-9-13-26-14-10-20)15-5-3-2-4-12-27-25(22)31/h6-10,13-14,22-23H,2-5,11-12,15-19H2,1H3,(H,27,31). The van der Waals surface area contributed by atoms with E-state index in [0.29, 0.717) is 5.88 Å². The van der Waals surface area contributed by atoms with E-state index in [0.717, 1.165) is 57.8 Å². The van der Waals surface area contributed by atoms with E-state index in [1.54, 1.807) is 7.11 Å². The highest BCUT2D eigenvalue weighted by atomic mass is 16.5. The number of nitrogens with one attached hydrogen (secondary N) is 1. The number of pyridine rings is 2. The number of hydrogen-bond acceptors (Lipinski definition) is 6. The SMILES string of the molecule is COc1cccc(CN2CCC3C(=O)NCCCCCCN(Cc4ccncc4)C3C2)n1. The summed E-state index contributed by atoms with van der Waals surface area (Å²) >= 11 is 0. The molecule has 2 fully saturated rings. The fourth-order valence-electron chi connectivity index (χ4n) is 4.93. The molecule has 2 aromatic rings. The molecule has 7 nitrogen and oxygen atoms in total. The summed E-state index contributed by atoms with van der Waals surface area (Å²) in [6, 6.07) is 10.3. The van der Waals surface area contributed by atoms with Gasteiger partial charge in [0.1, 0.15) is 0 Å². The molecule has 0 radical (unpaired) electrons. The molecule has 1 amide bonds. The van der Waals surface area contributed by atoms with Gasteiger partial charge in [0.15, 0.2) is 0 Å². The highest BCUT2D eigenvalue weighted by Gasteiger charge is 2.37. The van der Waals surface area contributed by atoms with Crippen LogP contribution in [0.25, 0.3) is 0 Å². The van der Waals surface area contributed by atoms with Gasteiger partial charge < -0.3 is 10.1 Å². The third kappa shape index (κ3) is 6.04. The molecule has 2 saturated heterocycles. The molecule has 2 unspecified atom stereocenters. The number of ether oxygens (including phenoxy) is 1. The lowest BCUT2D eigenvalue weighted by molar-refractivity contribution is -0.129. The van der Waals surface area contributed by atoms with Gasteiger partial charge in [-0.2, -0.15) is 0 Å². The average molecular weight is 438 g/mol. The normalized spacial score (nSPS) is 23.6. The van der Waals surface area contributed by atoms with Gasteiger partial charge in [0, 0.05) is 50.7 Å². The number of nitrogens with zero attached hydrogens (tertiary/aromatic N) is 4. The molecule has 2 atom stereocenters. The lowest BCUT2D eigenvalue weighted by Crippen LogP contribution is -2.56. The third-order valence-electron chi connectivity index (χ3n) is 6.65. The van der Waals surface area contributed by atoms with Gasteiger partial charge in [-0.25, -0.2) is 4.98 Å². The Morgan fingerprint density at radius 2 is 1.91 bits per heavy atom. The van der Waals surface area contributed by atoms with Crippen molar-refractivity contribution < 1.29 is 9.53 Å². The smallest absolute Gasteiger partial charge is 0.224 e. The Morgan fingerprint density at radius 1 is 1.06 bits per heavy atom. The summed E-state index contributed by atoms with van der Waals surface area (Å²) < 4.78 is 5.30. The molecule has 0 aliphatic carbocycles. The Bertz CT molecular complexity index is 862. The van der Waals surface area contributed by atoms with E-state index in [9.17, 15) is 4.79 Å². The van der Waals surface area contributed by atoms with Gasteiger partial charge in [0.25, 0.3) is 0 Å². The number of amides is 1. The maximum atomic E-state index is 13.1. The summed E-state index contributed by atoms with van der Waals surface area (Å²) in [6.45, 7) is 5.19. The summed E-state index contributed by atoms with van der Waals surface area (Å²) in [6.07, 6.45) is 9.19. The van der Waals surface area contributed by atoms with Crippen LogP contribution in [0.3, 0.4) is 0 Å². The zero-order chi connectivity index (χ0) is 22.2. The lowest BCUT2D eigenvalue weighted by Gasteiger charge is -2.43. The monoisotopic (exact) mass is 437 g/mol. The first kappa shape index (κ1) is 22.7. The van der Waals surface area contributed by atoms with Gasteiger partial charge in [-0.15, -0.1) is 0 Å². The van der Waals surface area contributed by atoms with E-state index < -0.39 is 0 Å². The highest BCUT2D eigenvalue weighted by Crippen LogP contribution is 2.27. The van der Waals surface area contributed by atoms with Gasteiger partial charge in [0.05, 0.1) is 18.7 Å². The molecule has 0 bridgehead atoms. The van der Waals surface area contributed by atoms with Crippen molar-refractivity contribution in [3.8, 4) is 5.88 Å². The Kier molecular flexibility index (Phi) is 8.07. The fraction of sp³-hybridized carbons (Fsp3) is 0.560. The number of aromatic nitrogens is 2. The van der Waals surface area contributed by atoms with Gasteiger partial charge in [0.2, 0.25) is 11.8 Å². The minimum absolute atomic E-state index is 0.0180. The van der Waals surface area contributed by atoms with Crippen molar-refractivity contribution in [3.05, 3.63) is 54.0 Å². The molecular weight excluding hydrogens is 402 g/mol. The van der Waals surface area contributed by atoms with Gasteiger partial charge in [-0.3, -0.25) is 19.6 Å². The molecular formula is C25H35N5O2. The van der Waals surface area contributed by atoms with Gasteiger partial charge >= 0.3 is 0 Å². The molecule has 4 rings (SSSR count). The first-order chi connectivity index (χ1) is 15.7. The predicted molar refractivity (Wildman–Crippen MR) is 124 cm³/mol. The van der Waals surface area contributed by atoms with Crippen molar-refractivity contribution in [1.82, 2.24) is 25.1 Å². The molecule has 0 aromatic carbocycles. The summed E-state index contributed by atoms with van der Waals surface area (Å²) in [5.41, 5.74) is 2.25. The van der Waals surface area contributed by atoms with Crippen molar-refractivity contribution in [1.29, 1.82) is 0 Å². The number of likely N-dealkylation sites (tertiary alicyclic amines) is 1. The van der Waals surface area contributed by atoms with Crippen molar-refractivity contribution >= 4 is 5.91 Å². The Balaban J connectivity index is 1.54. The van der Waals surface area contributed by atoms with Crippen LogP contribution in [0.2, 0.25) is 0 Å². The molecule has 2 aliphatic rings. The quantitative estimate of drug-likeness (QED) is 0.776. The van der Waals surface area contributed by atoms with Crippen LogP contribution in [-0.4, -0.2) is 65.0 Å². The Morgan fingerprint density at radius 3 is 2.75 bits per heavy atom. The summed E-state index contributed by atoms with van der Waals surface area (Å²) in [7, 11) is 1.65. The van der Waals surface area contributed by atoms with E-state index in [4.69, 9.17) is 4.74 Å². The van der Waals surface area contributed by atoms with Crippen LogP contribution in [0.5, 0.6) is 5.88 Å². The van der Waals surface area contributed by atoms with Crippen molar-refractivity contribution in [2.24, 2.45) is 5.92 Å². The molecule has 7 heteroatoms. The summed E-state index contributed by atoms with van der Waals surface area (Å²) in [5.74, 6) is 0.881. The predicted octanol–water partition coefficient (Wildman–Crippen LogP) is 2.87. The number of carbonyl (C=O) groups is 1. The molecule has 172 valence electrons. The largest absolute Gasteiger partial charge is 0.481 e. The number of fused-ring (bicyclic) bond motifs is 1. The van der Waals surface area contributed by atoms with E-state index in [2.05, 4.69) is 37.2 Å². The highest BCUT2D eigenvalue weighted by molar-refractivity contribution is 5.79. The van der Waals surface area contributed by atoms with Crippen LogP contribution >= 0.6 is 0 Å². The minimum atomic E-state index is 0.0180. The van der Waals surface area contributed by atoms with E-state index in [-0.39, 0.29) is 17.9 Å². The topological polar surface area (TPSA) is 70.6 Å². The van der Waals surface area contributed by atoms with Crippen LogP contribution in [0, 0.1) is 5.92 Å². The van der Waals surface area contributed by atoms with E-state index in [1.807, 2.05) is 30.6 Å². The van der Waals surface area contributed by atoms with E-state index in [1.165, 1.54) is 24.8 Å². The average Bonchev–Trinajstić information content (AvgIpc) is 2.86. The van der Waals surface area contributed by atoms with Gasteiger partial charge in [-0.05, 0) is 56.1 Å².